The van der Waals surface area contributed by atoms with Gasteiger partial charge in [-0.3, -0.25) is 9.69 Å². The number of methoxy groups -OCH3 is 1. The van der Waals surface area contributed by atoms with Crippen molar-refractivity contribution in [3.05, 3.63) is 23.0 Å². The molecule has 2 rings (SSSR count). The Hall–Kier alpha value is -1.82. The van der Waals surface area contributed by atoms with Crippen molar-refractivity contribution < 1.29 is 14.3 Å². The molecular weight excluding hydrogens is 306 g/mol. The van der Waals surface area contributed by atoms with Crippen LogP contribution in [-0.4, -0.2) is 66.1 Å². The number of piperazine rings is 1. The smallest absolute Gasteiger partial charge is 0.409 e. The number of carbonyl (C=O) groups is 2. The number of hydrogen-bond acceptors (Lipinski definition) is 4. The Labute approximate surface area is 144 Å². The number of aromatic nitrogens is 1. The lowest BCUT2D eigenvalue weighted by Gasteiger charge is -2.33. The van der Waals surface area contributed by atoms with Gasteiger partial charge >= 0.3 is 6.09 Å². The molecule has 1 aliphatic heterocycles. The van der Waals surface area contributed by atoms with E-state index in [2.05, 4.69) is 30.2 Å². The first-order valence-corrected chi connectivity index (χ1v) is 8.43. The lowest BCUT2D eigenvalue weighted by atomic mass is 10.1. The summed E-state index contributed by atoms with van der Waals surface area (Å²) in [6, 6.07) is 1.99. The third kappa shape index (κ3) is 3.80. The van der Waals surface area contributed by atoms with Crippen molar-refractivity contribution in [1.82, 2.24) is 14.4 Å². The maximum Gasteiger partial charge on any atom is 0.409 e. The normalized spacial score (nSPS) is 16.3. The first-order chi connectivity index (χ1) is 11.1. The van der Waals surface area contributed by atoms with Crippen LogP contribution in [0.5, 0.6) is 0 Å². The van der Waals surface area contributed by atoms with Crippen LogP contribution in [0.2, 0.25) is 0 Å². The van der Waals surface area contributed by atoms with Crippen LogP contribution < -0.4 is 0 Å². The number of Topliss-reactive ketones (excluding diaryl/α,β-unsaturated/α-hetero) is 1. The lowest BCUT2D eigenvalue weighted by Crippen LogP contribution is -2.49. The first-order valence-electron chi connectivity index (χ1n) is 8.43. The Morgan fingerprint density at radius 1 is 1.12 bits per heavy atom. The van der Waals surface area contributed by atoms with Crippen molar-refractivity contribution in [3.8, 4) is 0 Å². The first kappa shape index (κ1) is 18.5. The lowest BCUT2D eigenvalue weighted by molar-refractivity contribution is 0.0790. The molecule has 2 heterocycles. The molecule has 134 valence electrons. The number of ether oxygens (including phenoxy) is 1. The van der Waals surface area contributed by atoms with Gasteiger partial charge in [0.1, 0.15) is 0 Å². The van der Waals surface area contributed by atoms with Crippen molar-refractivity contribution in [2.45, 2.75) is 40.2 Å². The van der Waals surface area contributed by atoms with Crippen molar-refractivity contribution in [1.29, 1.82) is 0 Å². The summed E-state index contributed by atoms with van der Waals surface area (Å²) in [6.45, 7) is 13.5. The largest absolute Gasteiger partial charge is 0.453 e. The molecule has 0 bridgehead atoms. The number of carbonyl (C=O) groups excluding carboxylic acids is 2. The predicted molar refractivity (Wildman–Crippen MR) is 93.7 cm³/mol. The molecule has 0 aromatic carbocycles. The fourth-order valence-electron chi connectivity index (χ4n) is 3.58. The molecule has 1 aliphatic rings. The highest BCUT2D eigenvalue weighted by Crippen LogP contribution is 2.25. The van der Waals surface area contributed by atoms with Gasteiger partial charge in [0.15, 0.2) is 5.78 Å². The van der Waals surface area contributed by atoms with Crippen molar-refractivity contribution in [3.63, 3.8) is 0 Å². The average Bonchev–Trinajstić information content (AvgIpc) is 2.82. The second-order valence-corrected chi connectivity index (χ2v) is 7.45. The Balaban J connectivity index is 2.03. The van der Waals surface area contributed by atoms with Crippen LogP contribution in [-0.2, 0) is 10.3 Å². The number of nitrogens with zero attached hydrogens (tertiary/aromatic N) is 3. The number of aryl methyl sites for hydroxylation is 1. The van der Waals surface area contributed by atoms with Gasteiger partial charge in [-0.05, 0) is 40.7 Å². The van der Waals surface area contributed by atoms with Crippen LogP contribution in [0.15, 0.2) is 6.07 Å². The highest BCUT2D eigenvalue weighted by Gasteiger charge is 2.26. The minimum absolute atomic E-state index is 0.0428. The SMILES string of the molecule is COC(=O)N1CCN(CC(=O)c2cc(C)n(C(C)(C)C)c2C)CC1. The van der Waals surface area contributed by atoms with Gasteiger partial charge < -0.3 is 14.2 Å². The molecule has 0 saturated carbocycles. The quantitative estimate of drug-likeness (QED) is 0.796. The summed E-state index contributed by atoms with van der Waals surface area (Å²) in [7, 11) is 1.39. The molecule has 1 saturated heterocycles. The summed E-state index contributed by atoms with van der Waals surface area (Å²) in [5, 5.41) is 0. The van der Waals surface area contributed by atoms with Crippen LogP contribution in [0.4, 0.5) is 4.79 Å². The van der Waals surface area contributed by atoms with E-state index in [1.807, 2.05) is 19.9 Å². The zero-order valence-electron chi connectivity index (χ0n) is 15.7. The third-order valence-electron chi connectivity index (χ3n) is 4.57. The molecule has 0 spiro atoms. The minimum Gasteiger partial charge on any atom is -0.453 e. The van der Waals surface area contributed by atoms with Gasteiger partial charge in [0.25, 0.3) is 0 Å². The molecule has 1 aromatic rings. The van der Waals surface area contributed by atoms with Gasteiger partial charge in [0, 0.05) is 48.7 Å². The Morgan fingerprint density at radius 3 is 2.17 bits per heavy atom. The molecule has 0 N–H and O–H groups in total. The van der Waals surface area contributed by atoms with E-state index in [4.69, 9.17) is 4.74 Å². The van der Waals surface area contributed by atoms with E-state index in [0.29, 0.717) is 32.7 Å². The van der Waals surface area contributed by atoms with E-state index in [-0.39, 0.29) is 17.4 Å². The van der Waals surface area contributed by atoms with Crippen LogP contribution in [0.1, 0.15) is 42.5 Å². The van der Waals surface area contributed by atoms with Crippen LogP contribution >= 0.6 is 0 Å². The molecule has 6 heteroatoms. The minimum atomic E-state index is -0.297. The molecule has 0 unspecified atom stereocenters. The van der Waals surface area contributed by atoms with E-state index in [9.17, 15) is 9.59 Å². The molecule has 0 radical (unpaired) electrons. The Kier molecular flexibility index (Phi) is 5.38. The summed E-state index contributed by atoms with van der Waals surface area (Å²) < 4.78 is 6.96. The standard InChI is InChI=1S/C18H29N3O3/c1-13-11-15(14(2)21(13)18(3,4)5)16(22)12-19-7-9-20(10-8-19)17(23)24-6/h11H,7-10,12H2,1-6H3. The van der Waals surface area contributed by atoms with Gasteiger partial charge in [0.05, 0.1) is 13.7 Å². The topological polar surface area (TPSA) is 54.8 Å². The number of hydrogen-bond donors (Lipinski definition) is 0. The fraction of sp³-hybridized carbons (Fsp3) is 0.667. The maximum atomic E-state index is 12.7. The average molecular weight is 335 g/mol. The highest BCUT2D eigenvalue weighted by molar-refractivity contribution is 5.99. The summed E-state index contributed by atoms with van der Waals surface area (Å²) in [5.41, 5.74) is 2.90. The van der Waals surface area contributed by atoms with Crippen LogP contribution in [0.3, 0.4) is 0 Å². The van der Waals surface area contributed by atoms with E-state index in [1.165, 1.54) is 7.11 Å². The van der Waals surface area contributed by atoms with E-state index < -0.39 is 0 Å². The molecule has 1 aromatic heterocycles. The molecule has 1 amide bonds. The molecule has 6 nitrogen and oxygen atoms in total. The second-order valence-electron chi connectivity index (χ2n) is 7.45. The predicted octanol–water partition coefficient (Wildman–Crippen LogP) is 2.43. The van der Waals surface area contributed by atoms with Gasteiger partial charge in [0.2, 0.25) is 0 Å². The van der Waals surface area contributed by atoms with Gasteiger partial charge in [-0.1, -0.05) is 0 Å². The fourth-order valence-corrected chi connectivity index (χ4v) is 3.58. The monoisotopic (exact) mass is 335 g/mol. The van der Waals surface area contributed by atoms with Crippen molar-refractivity contribution >= 4 is 11.9 Å². The molecule has 1 fully saturated rings. The van der Waals surface area contributed by atoms with Crippen molar-refractivity contribution in [2.75, 3.05) is 39.8 Å². The Morgan fingerprint density at radius 2 is 1.71 bits per heavy atom. The summed E-state index contributed by atoms with van der Waals surface area (Å²) in [4.78, 5) is 28.0. The third-order valence-corrected chi connectivity index (χ3v) is 4.57. The van der Waals surface area contributed by atoms with E-state index in [1.54, 1.807) is 4.90 Å². The van der Waals surface area contributed by atoms with E-state index >= 15 is 0 Å². The summed E-state index contributed by atoms with van der Waals surface area (Å²) in [5.74, 6) is 0.144. The summed E-state index contributed by atoms with van der Waals surface area (Å²) in [6.07, 6.45) is -0.297. The van der Waals surface area contributed by atoms with Crippen LogP contribution in [0, 0.1) is 13.8 Å². The van der Waals surface area contributed by atoms with Gasteiger partial charge in [-0.25, -0.2) is 4.79 Å². The number of amides is 1. The van der Waals surface area contributed by atoms with Gasteiger partial charge in [-0.15, -0.1) is 0 Å². The Bertz CT molecular complexity index is 620. The molecule has 0 atom stereocenters. The zero-order valence-corrected chi connectivity index (χ0v) is 15.7. The number of ketones is 1. The van der Waals surface area contributed by atoms with Crippen molar-refractivity contribution in [2.24, 2.45) is 0 Å². The number of rotatable bonds is 3. The molecule has 24 heavy (non-hydrogen) atoms. The molecule has 0 aliphatic carbocycles. The second kappa shape index (κ2) is 6.97. The zero-order chi connectivity index (χ0) is 18.1. The maximum absolute atomic E-state index is 12.7. The van der Waals surface area contributed by atoms with Gasteiger partial charge in [-0.2, -0.15) is 0 Å². The molecular formula is C18H29N3O3. The van der Waals surface area contributed by atoms with Crippen LogP contribution in [0.25, 0.3) is 0 Å². The van der Waals surface area contributed by atoms with E-state index in [0.717, 1.165) is 17.0 Å². The summed E-state index contributed by atoms with van der Waals surface area (Å²) >= 11 is 0. The highest BCUT2D eigenvalue weighted by atomic mass is 16.5.